The fourth-order valence-corrected chi connectivity index (χ4v) is 4.43. The number of carbonyl (C=O) groups excluding carboxylic acids is 1. The number of imidazole rings is 1. The van der Waals surface area contributed by atoms with E-state index in [0.29, 0.717) is 31.8 Å². The third kappa shape index (κ3) is 4.10. The molecule has 4 rings (SSSR count). The quantitative estimate of drug-likeness (QED) is 0.659. The Bertz CT molecular complexity index is 875. The van der Waals surface area contributed by atoms with Crippen molar-refractivity contribution in [2.24, 2.45) is 5.73 Å². The monoisotopic (exact) mass is 403 g/mol. The first-order valence-corrected chi connectivity index (χ1v) is 10.6. The van der Waals surface area contributed by atoms with Gasteiger partial charge in [0.05, 0.1) is 25.3 Å². The number of hydrogen-bond acceptors (Lipinski definition) is 5. The van der Waals surface area contributed by atoms with Gasteiger partial charge in [-0.1, -0.05) is 0 Å². The van der Waals surface area contributed by atoms with Crippen LogP contribution in [-0.2, 0) is 29.2 Å². The molecule has 0 radical (unpaired) electrons. The van der Waals surface area contributed by atoms with E-state index in [1.165, 1.54) is 0 Å². The molecular weight excluding hydrogens is 372 g/mol. The third-order valence-corrected chi connectivity index (χ3v) is 5.94. The molecule has 1 aromatic heterocycles. The number of nitrogens with two attached hydrogens (primary N) is 1. The Morgan fingerprint density at radius 1 is 1.41 bits per heavy atom. The molecule has 2 unspecified atom stereocenters. The molecule has 2 fully saturated rings. The third-order valence-electron chi connectivity index (χ3n) is 5.94. The van der Waals surface area contributed by atoms with E-state index in [9.17, 15) is 9.90 Å². The summed E-state index contributed by atoms with van der Waals surface area (Å²) in [4.78, 5) is 14.0. The molecule has 2 saturated heterocycles. The van der Waals surface area contributed by atoms with E-state index < -0.39 is 6.10 Å². The molecule has 0 aliphatic carbocycles. The summed E-state index contributed by atoms with van der Waals surface area (Å²) in [5.74, 6) is 1.63. The average molecular weight is 404 g/mol. The number of carbonyl (C=O) groups is 1. The van der Waals surface area contributed by atoms with Crippen LogP contribution < -0.4 is 15.0 Å². The Morgan fingerprint density at radius 3 is 2.93 bits per heavy atom. The van der Waals surface area contributed by atoms with E-state index in [0.717, 1.165) is 49.4 Å². The minimum absolute atomic E-state index is 0.0256. The number of β-amino-alcohol motifs (C(OH)–C–C–N with tert-alkyl or cyclic N) is 1. The number of amides is 1. The Balaban J connectivity index is 1.57. The highest BCUT2D eigenvalue weighted by Crippen LogP contribution is 2.24. The first kappa shape index (κ1) is 20.1. The van der Waals surface area contributed by atoms with Gasteiger partial charge < -0.3 is 25.2 Å². The van der Waals surface area contributed by atoms with Gasteiger partial charge >= 0.3 is 0 Å². The summed E-state index contributed by atoms with van der Waals surface area (Å²) in [5, 5.41) is 9.61. The lowest BCUT2D eigenvalue weighted by Crippen LogP contribution is -2.38. The van der Waals surface area contributed by atoms with Gasteiger partial charge in [0.2, 0.25) is 0 Å². The van der Waals surface area contributed by atoms with Crippen molar-refractivity contribution in [3.05, 3.63) is 24.0 Å². The van der Waals surface area contributed by atoms with Crippen molar-refractivity contribution in [1.82, 2.24) is 9.47 Å². The molecule has 2 aliphatic rings. The zero-order chi connectivity index (χ0) is 20.4. The molecule has 3 N–H and O–H groups in total. The highest BCUT2D eigenvalue weighted by Gasteiger charge is 2.28. The number of aromatic nitrogens is 2. The van der Waals surface area contributed by atoms with E-state index in [-0.39, 0.29) is 18.6 Å². The minimum Gasteiger partial charge on any atom is -0.484 e. The van der Waals surface area contributed by atoms with Gasteiger partial charge in [0, 0.05) is 25.8 Å². The second-order valence-electron chi connectivity index (χ2n) is 7.83. The molecule has 0 spiro atoms. The largest absolute Gasteiger partial charge is 0.484 e. The lowest BCUT2D eigenvalue weighted by molar-refractivity contribution is -0.676. The van der Waals surface area contributed by atoms with Crippen molar-refractivity contribution in [2.75, 3.05) is 26.3 Å². The highest BCUT2D eigenvalue weighted by molar-refractivity contribution is 5.78. The van der Waals surface area contributed by atoms with Gasteiger partial charge in [0.15, 0.2) is 17.6 Å². The molecule has 2 aromatic rings. The number of fused-ring (bicyclic) bond motifs is 1. The summed E-state index contributed by atoms with van der Waals surface area (Å²) in [5.41, 5.74) is 8.25. The molecule has 8 nitrogen and oxygen atoms in total. The summed E-state index contributed by atoms with van der Waals surface area (Å²) in [7, 11) is 0. The standard InChI is InChI=1S/C21H31N4O4/c1-2-24-18-6-5-16(29-14-21(27)23-8-7-15(26)12-23)10-19(18)25(20(24)11-22)13-17-4-3-9-28-17/h5-6,10,15,17,26H,2-4,7-9,11-14,22H2,1H3/q+1. The Morgan fingerprint density at radius 2 is 2.28 bits per heavy atom. The number of hydrogen-bond donors (Lipinski definition) is 2. The SMILES string of the molecule is CC[n+]1c(CN)n(CC2CCCO2)c2cc(OCC(=O)N3CCC(O)C3)ccc21. The summed E-state index contributed by atoms with van der Waals surface area (Å²) in [6.45, 7) is 5.93. The number of nitrogens with zero attached hydrogens (tertiary/aromatic N) is 3. The van der Waals surface area contributed by atoms with E-state index in [2.05, 4.69) is 16.1 Å². The number of rotatable bonds is 7. The van der Waals surface area contributed by atoms with Crippen molar-refractivity contribution in [1.29, 1.82) is 0 Å². The van der Waals surface area contributed by atoms with Gasteiger partial charge in [-0.05, 0) is 38.3 Å². The van der Waals surface area contributed by atoms with Crippen molar-refractivity contribution >= 4 is 16.9 Å². The normalized spacial score (nSPS) is 22.0. The maximum Gasteiger partial charge on any atom is 0.271 e. The molecular formula is C21H31N4O4+. The van der Waals surface area contributed by atoms with Gasteiger partial charge in [0.1, 0.15) is 12.3 Å². The van der Waals surface area contributed by atoms with Gasteiger partial charge in [-0.25, -0.2) is 9.13 Å². The second-order valence-corrected chi connectivity index (χ2v) is 7.83. The minimum atomic E-state index is -0.421. The molecule has 3 heterocycles. The molecule has 158 valence electrons. The molecule has 0 saturated carbocycles. The predicted octanol–water partition coefficient (Wildman–Crippen LogP) is 0.558. The summed E-state index contributed by atoms with van der Waals surface area (Å²) in [6.07, 6.45) is 2.57. The maximum absolute atomic E-state index is 12.3. The molecule has 2 atom stereocenters. The predicted molar refractivity (Wildman–Crippen MR) is 107 cm³/mol. The number of aliphatic hydroxyl groups is 1. The summed E-state index contributed by atoms with van der Waals surface area (Å²) >= 11 is 0. The Hall–Kier alpha value is -2.16. The maximum atomic E-state index is 12.3. The lowest BCUT2D eigenvalue weighted by atomic mass is 10.2. The van der Waals surface area contributed by atoms with Gasteiger partial charge in [0.25, 0.3) is 11.7 Å². The van der Waals surface area contributed by atoms with Crippen LogP contribution >= 0.6 is 0 Å². The first-order chi connectivity index (χ1) is 14.1. The number of likely N-dealkylation sites (tertiary alicyclic amines) is 1. The molecule has 0 bridgehead atoms. The number of benzene rings is 1. The van der Waals surface area contributed by atoms with Crippen molar-refractivity contribution in [2.45, 2.75) is 58.0 Å². The number of aryl methyl sites for hydroxylation is 1. The molecule has 29 heavy (non-hydrogen) atoms. The fraction of sp³-hybridized carbons (Fsp3) is 0.619. The van der Waals surface area contributed by atoms with Crippen LogP contribution in [0.5, 0.6) is 5.75 Å². The van der Waals surface area contributed by atoms with E-state index in [1.807, 2.05) is 18.2 Å². The topological polar surface area (TPSA) is 93.8 Å². The van der Waals surface area contributed by atoms with Crippen LogP contribution in [0.15, 0.2) is 18.2 Å². The van der Waals surface area contributed by atoms with E-state index >= 15 is 0 Å². The summed E-state index contributed by atoms with van der Waals surface area (Å²) in [6, 6.07) is 5.92. The van der Waals surface area contributed by atoms with Crippen LogP contribution in [0.3, 0.4) is 0 Å². The van der Waals surface area contributed by atoms with Crippen molar-refractivity contribution in [3.8, 4) is 5.75 Å². The van der Waals surface area contributed by atoms with Crippen LogP contribution in [-0.4, -0.2) is 59.0 Å². The second kappa shape index (κ2) is 8.69. The van der Waals surface area contributed by atoms with Crippen LogP contribution in [0, 0.1) is 0 Å². The summed E-state index contributed by atoms with van der Waals surface area (Å²) < 4.78 is 16.1. The molecule has 1 aromatic carbocycles. The number of ether oxygens (including phenoxy) is 2. The smallest absolute Gasteiger partial charge is 0.271 e. The molecule has 8 heteroatoms. The Labute approximate surface area is 170 Å². The van der Waals surface area contributed by atoms with E-state index in [1.54, 1.807) is 4.90 Å². The van der Waals surface area contributed by atoms with Crippen LogP contribution in [0.1, 0.15) is 32.0 Å². The van der Waals surface area contributed by atoms with Gasteiger partial charge in [-0.15, -0.1) is 0 Å². The van der Waals surface area contributed by atoms with Crippen LogP contribution in [0.4, 0.5) is 0 Å². The van der Waals surface area contributed by atoms with Crippen LogP contribution in [0.25, 0.3) is 11.0 Å². The average Bonchev–Trinajstić information content (AvgIpc) is 3.46. The first-order valence-electron chi connectivity index (χ1n) is 10.6. The molecule has 1 amide bonds. The zero-order valence-electron chi connectivity index (χ0n) is 17.0. The fourth-order valence-electron chi connectivity index (χ4n) is 4.43. The lowest BCUT2D eigenvalue weighted by Gasteiger charge is -2.15. The highest BCUT2D eigenvalue weighted by atomic mass is 16.5. The van der Waals surface area contributed by atoms with Gasteiger partial charge in [-0.2, -0.15) is 0 Å². The van der Waals surface area contributed by atoms with Crippen molar-refractivity contribution < 1.29 is 23.9 Å². The van der Waals surface area contributed by atoms with Gasteiger partial charge in [-0.3, -0.25) is 4.79 Å². The number of aliphatic hydroxyl groups excluding tert-OH is 1. The Kier molecular flexibility index (Phi) is 6.03. The molecule has 2 aliphatic heterocycles. The van der Waals surface area contributed by atoms with Crippen LogP contribution in [0.2, 0.25) is 0 Å². The van der Waals surface area contributed by atoms with E-state index in [4.69, 9.17) is 15.2 Å². The van der Waals surface area contributed by atoms with Crippen molar-refractivity contribution in [3.63, 3.8) is 0 Å². The zero-order valence-corrected chi connectivity index (χ0v) is 17.0.